The molecule has 0 aromatic heterocycles. The van der Waals surface area contributed by atoms with Gasteiger partial charge in [0.2, 0.25) is 0 Å². The first kappa shape index (κ1) is 14.8. The van der Waals surface area contributed by atoms with Gasteiger partial charge in [-0.2, -0.15) is 0 Å². The molecule has 0 unspecified atom stereocenters. The van der Waals surface area contributed by atoms with Gasteiger partial charge in [0, 0.05) is 6.07 Å². The predicted octanol–water partition coefficient (Wildman–Crippen LogP) is 3.53. The van der Waals surface area contributed by atoms with Crippen LogP contribution in [0.25, 0.3) is 0 Å². The molecule has 108 valence electrons. The molecule has 7 heteroatoms. The summed E-state index contributed by atoms with van der Waals surface area (Å²) < 4.78 is 5.40. The molecule has 0 spiro atoms. The van der Waals surface area contributed by atoms with Crippen molar-refractivity contribution < 1.29 is 19.6 Å². The SMILES string of the molecule is O=C(O)c1cc(OCc2ccccc2[N+](=O)[O-])ccc1Cl. The van der Waals surface area contributed by atoms with Crippen LogP contribution in [0.5, 0.6) is 5.75 Å². The van der Waals surface area contributed by atoms with Crippen LogP contribution in [0.3, 0.4) is 0 Å². The summed E-state index contributed by atoms with van der Waals surface area (Å²) in [5.41, 5.74) is 0.260. The summed E-state index contributed by atoms with van der Waals surface area (Å²) in [6.07, 6.45) is 0. The molecule has 2 aromatic carbocycles. The Morgan fingerprint density at radius 1 is 1.29 bits per heavy atom. The Balaban J connectivity index is 2.19. The second-order valence-electron chi connectivity index (χ2n) is 4.12. The molecule has 0 aliphatic carbocycles. The number of carboxylic acid groups (broad SMARTS) is 1. The molecule has 2 aromatic rings. The highest BCUT2D eigenvalue weighted by molar-refractivity contribution is 6.33. The molecule has 0 heterocycles. The van der Waals surface area contributed by atoms with E-state index in [-0.39, 0.29) is 28.6 Å². The van der Waals surface area contributed by atoms with E-state index in [2.05, 4.69) is 0 Å². The third-order valence-corrected chi connectivity index (χ3v) is 3.08. The zero-order chi connectivity index (χ0) is 15.4. The highest BCUT2D eigenvalue weighted by Gasteiger charge is 2.14. The maximum atomic E-state index is 11.0. The number of benzene rings is 2. The number of nitrogens with zero attached hydrogens (tertiary/aromatic N) is 1. The van der Waals surface area contributed by atoms with Gasteiger partial charge in [-0.05, 0) is 24.3 Å². The third-order valence-electron chi connectivity index (χ3n) is 2.75. The Kier molecular flexibility index (Phi) is 4.39. The predicted molar refractivity (Wildman–Crippen MR) is 75.8 cm³/mol. The molecule has 0 bridgehead atoms. The van der Waals surface area contributed by atoms with E-state index < -0.39 is 10.9 Å². The summed E-state index contributed by atoms with van der Waals surface area (Å²) >= 11 is 5.75. The van der Waals surface area contributed by atoms with E-state index in [1.54, 1.807) is 18.2 Å². The average Bonchev–Trinajstić information content (AvgIpc) is 2.46. The number of ether oxygens (including phenoxy) is 1. The smallest absolute Gasteiger partial charge is 0.337 e. The summed E-state index contributed by atoms with van der Waals surface area (Å²) in [7, 11) is 0. The van der Waals surface area contributed by atoms with Gasteiger partial charge in [0.25, 0.3) is 5.69 Å². The van der Waals surface area contributed by atoms with E-state index in [0.29, 0.717) is 5.56 Å². The van der Waals surface area contributed by atoms with Gasteiger partial charge in [0.15, 0.2) is 0 Å². The number of carbonyl (C=O) groups is 1. The normalized spacial score (nSPS) is 10.1. The lowest BCUT2D eigenvalue weighted by molar-refractivity contribution is -0.385. The number of hydrogen-bond donors (Lipinski definition) is 1. The molecule has 0 amide bonds. The van der Waals surface area contributed by atoms with Gasteiger partial charge >= 0.3 is 5.97 Å². The highest BCUT2D eigenvalue weighted by atomic mass is 35.5. The summed E-state index contributed by atoms with van der Waals surface area (Å²) in [4.78, 5) is 21.3. The summed E-state index contributed by atoms with van der Waals surface area (Å²) in [5.74, 6) is -0.897. The second kappa shape index (κ2) is 6.23. The summed E-state index contributed by atoms with van der Waals surface area (Å²) in [5, 5.41) is 19.9. The Hall–Kier alpha value is -2.60. The third kappa shape index (κ3) is 3.49. The van der Waals surface area contributed by atoms with E-state index in [0.717, 1.165) is 0 Å². The number of rotatable bonds is 5. The Bertz CT molecular complexity index is 702. The van der Waals surface area contributed by atoms with Crippen LogP contribution in [0.15, 0.2) is 42.5 Å². The zero-order valence-corrected chi connectivity index (χ0v) is 11.4. The molecular formula is C14H10ClNO5. The topological polar surface area (TPSA) is 89.7 Å². The number of aromatic carboxylic acids is 1. The van der Waals surface area contributed by atoms with Gasteiger partial charge in [-0.3, -0.25) is 10.1 Å². The minimum Gasteiger partial charge on any atom is -0.489 e. The van der Waals surface area contributed by atoms with Crippen LogP contribution in [0.2, 0.25) is 5.02 Å². The van der Waals surface area contributed by atoms with E-state index >= 15 is 0 Å². The quantitative estimate of drug-likeness (QED) is 0.674. The standard InChI is InChI=1S/C14H10ClNO5/c15-12-6-5-10(7-11(12)14(17)18)21-8-9-3-1-2-4-13(9)16(19)20/h1-7H,8H2,(H,17,18). The molecule has 0 fully saturated rings. The van der Waals surface area contributed by atoms with Crippen molar-refractivity contribution in [2.75, 3.05) is 0 Å². The number of para-hydroxylation sites is 1. The molecule has 2 rings (SSSR count). The highest BCUT2D eigenvalue weighted by Crippen LogP contribution is 2.24. The zero-order valence-electron chi connectivity index (χ0n) is 10.7. The van der Waals surface area contributed by atoms with E-state index in [1.165, 1.54) is 24.3 Å². The molecule has 0 saturated carbocycles. The average molecular weight is 308 g/mol. The lowest BCUT2D eigenvalue weighted by Crippen LogP contribution is -2.02. The van der Waals surface area contributed by atoms with Crippen LogP contribution >= 0.6 is 11.6 Å². The number of halogens is 1. The van der Waals surface area contributed by atoms with Crippen molar-refractivity contribution in [3.63, 3.8) is 0 Å². The Morgan fingerprint density at radius 2 is 2.00 bits per heavy atom. The molecular weight excluding hydrogens is 298 g/mol. The minimum absolute atomic E-state index is 0.0438. The van der Waals surface area contributed by atoms with Crippen molar-refractivity contribution in [2.24, 2.45) is 0 Å². The molecule has 0 radical (unpaired) electrons. The number of nitro groups is 1. The van der Waals surface area contributed by atoms with Crippen LogP contribution in [0, 0.1) is 10.1 Å². The largest absolute Gasteiger partial charge is 0.489 e. The first-order valence-electron chi connectivity index (χ1n) is 5.87. The molecule has 6 nitrogen and oxygen atoms in total. The lowest BCUT2D eigenvalue weighted by atomic mass is 10.2. The summed E-state index contributed by atoms with van der Waals surface area (Å²) in [6, 6.07) is 10.4. The van der Waals surface area contributed by atoms with Gasteiger partial charge in [0.05, 0.1) is 21.1 Å². The van der Waals surface area contributed by atoms with Gasteiger partial charge in [-0.15, -0.1) is 0 Å². The van der Waals surface area contributed by atoms with Gasteiger partial charge in [0.1, 0.15) is 12.4 Å². The van der Waals surface area contributed by atoms with Crippen LogP contribution in [0.4, 0.5) is 5.69 Å². The first-order chi connectivity index (χ1) is 9.99. The van der Waals surface area contributed by atoms with Crippen LogP contribution in [-0.4, -0.2) is 16.0 Å². The number of nitro benzene ring substituents is 1. The molecule has 0 saturated heterocycles. The van der Waals surface area contributed by atoms with E-state index in [9.17, 15) is 14.9 Å². The van der Waals surface area contributed by atoms with Crippen molar-refractivity contribution in [3.8, 4) is 5.75 Å². The Labute approximate surface area is 124 Å². The van der Waals surface area contributed by atoms with Gasteiger partial charge in [-0.25, -0.2) is 4.79 Å². The molecule has 21 heavy (non-hydrogen) atoms. The fraction of sp³-hybridized carbons (Fsp3) is 0.0714. The molecule has 0 aliphatic heterocycles. The molecule has 0 aliphatic rings. The van der Waals surface area contributed by atoms with Crippen LogP contribution < -0.4 is 4.74 Å². The monoisotopic (exact) mass is 307 g/mol. The van der Waals surface area contributed by atoms with E-state index in [4.69, 9.17) is 21.4 Å². The fourth-order valence-electron chi connectivity index (χ4n) is 1.73. The Morgan fingerprint density at radius 3 is 2.67 bits per heavy atom. The van der Waals surface area contributed by atoms with Crippen molar-refractivity contribution in [1.82, 2.24) is 0 Å². The van der Waals surface area contributed by atoms with Crippen molar-refractivity contribution >= 4 is 23.3 Å². The maximum absolute atomic E-state index is 11.0. The molecule has 1 N–H and O–H groups in total. The number of carboxylic acids is 1. The van der Waals surface area contributed by atoms with Crippen LogP contribution in [-0.2, 0) is 6.61 Å². The maximum Gasteiger partial charge on any atom is 0.337 e. The van der Waals surface area contributed by atoms with Crippen molar-refractivity contribution in [3.05, 3.63) is 68.7 Å². The summed E-state index contributed by atoms with van der Waals surface area (Å²) in [6.45, 7) is -0.0438. The first-order valence-corrected chi connectivity index (χ1v) is 6.25. The minimum atomic E-state index is -1.17. The van der Waals surface area contributed by atoms with E-state index in [1.807, 2.05) is 0 Å². The van der Waals surface area contributed by atoms with Crippen molar-refractivity contribution in [1.29, 1.82) is 0 Å². The lowest BCUT2D eigenvalue weighted by Gasteiger charge is -2.08. The van der Waals surface area contributed by atoms with Gasteiger partial charge < -0.3 is 9.84 Å². The van der Waals surface area contributed by atoms with Crippen molar-refractivity contribution in [2.45, 2.75) is 6.61 Å². The van der Waals surface area contributed by atoms with Crippen LogP contribution in [0.1, 0.15) is 15.9 Å². The number of hydrogen-bond acceptors (Lipinski definition) is 4. The molecule has 0 atom stereocenters. The fourth-order valence-corrected chi connectivity index (χ4v) is 1.93. The van der Waals surface area contributed by atoms with Gasteiger partial charge in [-0.1, -0.05) is 23.7 Å². The second-order valence-corrected chi connectivity index (χ2v) is 4.53.